The second-order valence-electron chi connectivity index (χ2n) is 7.30. The zero-order valence-corrected chi connectivity index (χ0v) is 17.7. The number of benzene rings is 2. The molecule has 0 aliphatic carbocycles. The van der Waals surface area contributed by atoms with E-state index in [9.17, 15) is 14.0 Å². The lowest BCUT2D eigenvalue weighted by molar-refractivity contribution is -0.136. The summed E-state index contributed by atoms with van der Waals surface area (Å²) in [4.78, 5) is 25.0. The van der Waals surface area contributed by atoms with Gasteiger partial charge in [-0.3, -0.25) is 9.59 Å². The largest absolute Gasteiger partial charge is 0.384 e. The van der Waals surface area contributed by atoms with Crippen LogP contribution in [0.15, 0.2) is 48.5 Å². The molecule has 1 heterocycles. The van der Waals surface area contributed by atoms with Gasteiger partial charge < -0.3 is 20.7 Å². The van der Waals surface area contributed by atoms with Crippen LogP contribution in [0.4, 0.5) is 10.1 Å². The monoisotopic (exact) mass is 435 g/mol. The molecule has 30 heavy (non-hydrogen) atoms. The number of rotatable bonds is 7. The maximum absolute atomic E-state index is 13.0. The predicted octanol–water partition coefficient (Wildman–Crippen LogP) is 3.13. The van der Waals surface area contributed by atoms with Crippen LogP contribution in [0, 0.1) is 11.2 Å². The van der Waals surface area contributed by atoms with Crippen molar-refractivity contribution in [2.75, 3.05) is 32.1 Å². The number of methoxy groups -OCH3 is 1. The number of amides is 2. The van der Waals surface area contributed by atoms with Crippen molar-refractivity contribution in [3.05, 3.63) is 65.5 Å². The van der Waals surface area contributed by atoms with Crippen molar-refractivity contribution in [3.8, 4) is 0 Å². The highest BCUT2D eigenvalue weighted by atomic mass is 35.5. The summed E-state index contributed by atoms with van der Waals surface area (Å²) in [7, 11) is 1.62. The molecule has 0 saturated carbocycles. The molecule has 1 saturated heterocycles. The van der Waals surface area contributed by atoms with Gasteiger partial charge in [-0.2, -0.15) is 0 Å². The lowest BCUT2D eigenvalue weighted by Gasteiger charge is -2.35. The van der Waals surface area contributed by atoms with Crippen molar-refractivity contribution in [1.29, 1.82) is 0 Å². The third kappa shape index (κ3) is 6.01. The molecule has 1 aliphatic rings. The van der Waals surface area contributed by atoms with Crippen LogP contribution in [0.25, 0.3) is 0 Å². The van der Waals surface area contributed by atoms with Gasteiger partial charge in [0.25, 0.3) is 5.91 Å². The topological polar surface area (TPSA) is 79.5 Å². The average molecular weight is 436 g/mol. The summed E-state index contributed by atoms with van der Waals surface area (Å²) in [6, 6.07) is 12.6. The molecule has 2 amide bonds. The molecule has 3 rings (SSSR count). The number of ether oxygens (including phenoxy) is 1. The zero-order chi connectivity index (χ0) is 20.7. The van der Waals surface area contributed by atoms with Crippen molar-refractivity contribution < 1.29 is 18.7 Å². The first-order chi connectivity index (χ1) is 14.0. The second-order valence-corrected chi connectivity index (χ2v) is 7.30. The van der Waals surface area contributed by atoms with Crippen molar-refractivity contribution in [2.45, 2.75) is 19.4 Å². The summed E-state index contributed by atoms with van der Waals surface area (Å²) in [5.74, 6) is -0.683. The minimum Gasteiger partial charge on any atom is -0.384 e. The molecule has 0 unspecified atom stereocenters. The molecule has 0 aromatic heterocycles. The van der Waals surface area contributed by atoms with Crippen LogP contribution in [-0.4, -0.2) is 38.6 Å². The lowest BCUT2D eigenvalue weighted by atomic mass is 9.78. The number of nitrogens with one attached hydrogen (secondary N) is 3. The van der Waals surface area contributed by atoms with E-state index in [-0.39, 0.29) is 30.0 Å². The highest BCUT2D eigenvalue weighted by Gasteiger charge is 2.39. The van der Waals surface area contributed by atoms with Crippen LogP contribution in [-0.2, 0) is 16.1 Å². The van der Waals surface area contributed by atoms with E-state index < -0.39 is 5.41 Å². The Bertz CT molecular complexity index is 832. The van der Waals surface area contributed by atoms with E-state index in [4.69, 9.17) is 4.74 Å². The van der Waals surface area contributed by atoms with Gasteiger partial charge in [-0.25, -0.2) is 4.39 Å². The molecule has 3 N–H and O–H groups in total. The molecule has 2 aromatic rings. The minimum atomic E-state index is -0.483. The standard InChI is InChI=1S/C22H26FN3O3.ClH/c1-29-15-22(10-12-24-13-11-22)21(28)25-14-16-2-8-19(9-3-16)26-20(27)17-4-6-18(23)7-5-17;/h2-9,24H,10-15H2,1H3,(H,25,28)(H,26,27);1H. The Morgan fingerprint density at radius 1 is 1.07 bits per heavy atom. The molecule has 6 nitrogen and oxygen atoms in total. The number of piperidine rings is 1. The van der Waals surface area contributed by atoms with Crippen LogP contribution < -0.4 is 16.0 Å². The molecular weight excluding hydrogens is 409 g/mol. The zero-order valence-electron chi connectivity index (χ0n) is 16.9. The highest BCUT2D eigenvalue weighted by Crippen LogP contribution is 2.29. The summed E-state index contributed by atoms with van der Waals surface area (Å²) in [5, 5.41) is 9.06. The van der Waals surface area contributed by atoms with Gasteiger partial charge in [-0.15, -0.1) is 12.4 Å². The number of halogens is 2. The van der Waals surface area contributed by atoms with Gasteiger partial charge in [0.15, 0.2) is 0 Å². The van der Waals surface area contributed by atoms with E-state index in [1.54, 1.807) is 19.2 Å². The molecule has 162 valence electrons. The second kappa shape index (κ2) is 11.1. The van der Waals surface area contributed by atoms with Crippen LogP contribution in [0.5, 0.6) is 0 Å². The van der Waals surface area contributed by atoms with Gasteiger partial charge >= 0.3 is 0 Å². The molecule has 0 spiro atoms. The number of carbonyl (C=O) groups is 2. The van der Waals surface area contributed by atoms with Gasteiger partial charge in [-0.1, -0.05) is 12.1 Å². The van der Waals surface area contributed by atoms with Crippen LogP contribution in [0.3, 0.4) is 0 Å². The van der Waals surface area contributed by atoms with Crippen LogP contribution in [0.1, 0.15) is 28.8 Å². The van der Waals surface area contributed by atoms with Gasteiger partial charge in [0.2, 0.25) is 5.91 Å². The van der Waals surface area contributed by atoms with E-state index in [1.165, 1.54) is 24.3 Å². The van der Waals surface area contributed by atoms with E-state index in [0.717, 1.165) is 31.5 Å². The van der Waals surface area contributed by atoms with Crippen LogP contribution in [0.2, 0.25) is 0 Å². The first-order valence-electron chi connectivity index (χ1n) is 9.66. The van der Waals surface area contributed by atoms with Crippen LogP contribution >= 0.6 is 12.4 Å². The maximum atomic E-state index is 13.0. The third-order valence-electron chi connectivity index (χ3n) is 5.23. The molecule has 2 aromatic carbocycles. The summed E-state index contributed by atoms with van der Waals surface area (Å²) >= 11 is 0. The fourth-order valence-electron chi connectivity index (χ4n) is 3.50. The minimum absolute atomic E-state index is 0. The first kappa shape index (κ1) is 23.8. The van der Waals surface area contributed by atoms with Gasteiger partial charge in [-0.05, 0) is 67.9 Å². The Hall–Kier alpha value is -2.48. The summed E-state index contributed by atoms with van der Waals surface area (Å²) in [5.41, 5.74) is 1.46. The number of hydrogen-bond donors (Lipinski definition) is 3. The van der Waals surface area contributed by atoms with Gasteiger partial charge in [0.1, 0.15) is 5.82 Å². The van der Waals surface area contributed by atoms with Gasteiger partial charge in [0, 0.05) is 24.9 Å². The Labute approximate surface area is 182 Å². The van der Waals surface area contributed by atoms with Crippen molar-refractivity contribution in [2.24, 2.45) is 5.41 Å². The van der Waals surface area contributed by atoms with E-state index >= 15 is 0 Å². The fourth-order valence-corrected chi connectivity index (χ4v) is 3.50. The lowest BCUT2D eigenvalue weighted by Crippen LogP contribution is -2.49. The average Bonchev–Trinajstić information content (AvgIpc) is 2.74. The molecule has 8 heteroatoms. The van der Waals surface area contributed by atoms with Gasteiger partial charge in [0.05, 0.1) is 12.0 Å². The third-order valence-corrected chi connectivity index (χ3v) is 5.23. The highest BCUT2D eigenvalue weighted by molar-refractivity contribution is 6.04. The maximum Gasteiger partial charge on any atom is 0.255 e. The van der Waals surface area contributed by atoms with E-state index in [0.29, 0.717) is 24.4 Å². The normalized spacial score (nSPS) is 15.0. The van der Waals surface area contributed by atoms with Crippen molar-refractivity contribution in [1.82, 2.24) is 10.6 Å². The molecule has 0 atom stereocenters. The summed E-state index contributed by atoms with van der Waals surface area (Å²) < 4.78 is 18.3. The molecule has 0 bridgehead atoms. The van der Waals surface area contributed by atoms with Crippen molar-refractivity contribution in [3.63, 3.8) is 0 Å². The van der Waals surface area contributed by atoms with E-state index in [1.807, 2.05) is 12.1 Å². The Kier molecular flexibility index (Phi) is 8.77. The molecular formula is C22H27ClFN3O3. The fraction of sp³-hybridized carbons (Fsp3) is 0.364. The van der Waals surface area contributed by atoms with Crippen molar-refractivity contribution >= 4 is 29.9 Å². The molecule has 0 radical (unpaired) electrons. The summed E-state index contributed by atoms with van der Waals surface area (Å²) in [6.07, 6.45) is 1.50. The summed E-state index contributed by atoms with van der Waals surface area (Å²) in [6.45, 7) is 2.43. The number of anilines is 1. The molecule has 1 fully saturated rings. The van der Waals surface area contributed by atoms with E-state index in [2.05, 4.69) is 16.0 Å². The molecule has 1 aliphatic heterocycles. The number of hydrogen-bond acceptors (Lipinski definition) is 4. The quantitative estimate of drug-likeness (QED) is 0.624. The first-order valence-corrected chi connectivity index (χ1v) is 9.66. The smallest absolute Gasteiger partial charge is 0.255 e. The number of carbonyl (C=O) groups excluding carboxylic acids is 2. The predicted molar refractivity (Wildman–Crippen MR) is 116 cm³/mol. The Morgan fingerprint density at radius 3 is 2.30 bits per heavy atom. The SMILES string of the molecule is COCC1(C(=O)NCc2ccc(NC(=O)c3ccc(F)cc3)cc2)CCNCC1.Cl. The Balaban J connectivity index is 0.00000320. The Morgan fingerprint density at radius 2 is 1.70 bits per heavy atom.